The SMILES string of the molecule is Cc1cc(OCC(=O)O[C@@H](C(=O)N2CCOCC2)c2ccccc2)ccc1Cl. The molecule has 1 aliphatic heterocycles. The van der Waals surface area contributed by atoms with Crippen LogP contribution in [0.2, 0.25) is 5.02 Å². The highest BCUT2D eigenvalue weighted by Gasteiger charge is 2.30. The van der Waals surface area contributed by atoms with Gasteiger partial charge in [-0.1, -0.05) is 41.9 Å². The number of carbonyl (C=O) groups excluding carboxylic acids is 2. The highest BCUT2D eigenvalue weighted by molar-refractivity contribution is 6.31. The number of ether oxygens (including phenoxy) is 3. The van der Waals surface area contributed by atoms with Crippen LogP contribution in [0.15, 0.2) is 48.5 Å². The minimum absolute atomic E-state index is 0.259. The number of amides is 1. The first-order chi connectivity index (χ1) is 13.5. The van der Waals surface area contributed by atoms with E-state index in [-0.39, 0.29) is 12.5 Å². The third kappa shape index (κ3) is 5.24. The zero-order valence-electron chi connectivity index (χ0n) is 15.6. The highest BCUT2D eigenvalue weighted by atomic mass is 35.5. The lowest BCUT2D eigenvalue weighted by atomic mass is 10.1. The van der Waals surface area contributed by atoms with Crippen LogP contribution >= 0.6 is 11.6 Å². The van der Waals surface area contributed by atoms with Crippen molar-refractivity contribution in [2.45, 2.75) is 13.0 Å². The summed E-state index contributed by atoms with van der Waals surface area (Å²) in [6.07, 6.45) is -1.01. The number of hydrogen-bond acceptors (Lipinski definition) is 5. The first kappa shape index (κ1) is 20.2. The molecule has 1 atom stereocenters. The van der Waals surface area contributed by atoms with Crippen molar-refractivity contribution >= 4 is 23.5 Å². The Bertz CT molecular complexity index is 821. The molecule has 1 amide bonds. The van der Waals surface area contributed by atoms with Crippen molar-refractivity contribution in [1.29, 1.82) is 0 Å². The molecule has 1 aliphatic rings. The van der Waals surface area contributed by atoms with Crippen molar-refractivity contribution < 1.29 is 23.8 Å². The van der Waals surface area contributed by atoms with E-state index in [1.165, 1.54) is 0 Å². The number of aryl methyl sites for hydroxylation is 1. The molecule has 3 rings (SSSR count). The van der Waals surface area contributed by atoms with Crippen molar-refractivity contribution in [3.8, 4) is 5.75 Å². The summed E-state index contributed by atoms with van der Waals surface area (Å²) in [6, 6.07) is 14.1. The maximum absolute atomic E-state index is 12.9. The molecule has 7 heteroatoms. The second kappa shape index (κ2) is 9.57. The lowest BCUT2D eigenvalue weighted by Gasteiger charge is -2.30. The molecule has 28 heavy (non-hydrogen) atoms. The molecule has 6 nitrogen and oxygen atoms in total. The summed E-state index contributed by atoms with van der Waals surface area (Å²) in [5, 5.41) is 0.621. The zero-order chi connectivity index (χ0) is 19.9. The largest absolute Gasteiger partial charge is 0.482 e. The number of benzene rings is 2. The molecule has 0 saturated carbocycles. The molecular formula is C21H22ClNO5. The van der Waals surface area contributed by atoms with E-state index in [0.717, 1.165) is 5.56 Å². The normalized spacial score (nSPS) is 15.0. The van der Waals surface area contributed by atoms with E-state index in [2.05, 4.69) is 0 Å². The van der Waals surface area contributed by atoms with E-state index in [1.807, 2.05) is 13.0 Å². The minimum atomic E-state index is -1.01. The molecule has 0 aliphatic carbocycles. The van der Waals surface area contributed by atoms with E-state index in [0.29, 0.717) is 42.6 Å². The standard InChI is InChI=1S/C21H22ClNO5/c1-15-13-17(7-8-18(15)22)27-14-19(24)28-20(16-5-3-2-4-6-16)21(25)23-9-11-26-12-10-23/h2-8,13,20H,9-12,14H2,1H3/t20-/m1/s1. The van der Waals surface area contributed by atoms with Crippen LogP contribution in [0.5, 0.6) is 5.75 Å². The summed E-state index contributed by atoms with van der Waals surface area (Å²) >= 11 is 5.99. The fourth-order valence-electron chi connectivity index (χ4n) is 2.85. The van der Waals surface area contributed by atoms with Gasteiger partial charge in [0.05, 0.1) is 13.2 Å². The van der Waals surface area contributed by atoms with Crippen LogP contribution in [-0.4, -0.2) is 49.7 Å². The highest BCUT2D eigenvalue weighted by Crippen LogP contribution is 2.23. The molecule has 0 spiro atoms. The maximum Gasteiger partial charge on any atom is 0.345 e. The number of rotatable bonds is 6. The lowest BCUT2D eigenvalue weighted by Crippen LogP contribution is -2.44. The van der Waals surface area contributed by atoms with Gasteiger partial charge in [0, 0.05) is 23.7 Å². The van der Waals surface area contributed by atoms with E-state index < -0.39 is 12.1 Å². The molecule has 0 N–H and O–H groups in total. The smallest absolute Gasteiger partial charge is 0.345 e. The Morgan fingerprint density at radius 2 is 1.86 bits per heavy atom. The van der Waals surface area contributed by atoms with Crippen LogP contribution in [0.25, 0.3) is 0 Å². The van der Waals surface area contributed by atoms with Gasteiger partial charge in [0.1, 0.15) is 5.75 Å². The predicted molar refractivity (Wildman–Crippen MR) is 104 cm³/mol. The molecule has 2 aromatic carbocycles. The van der Waals surface area contributed by atoms with E-state index in [1.54, 1.807) is 47.4 Å². The van der Waals surface area contributed by atoms with Gasteiger partial charge in [-0.2, -0.15) is 0 Å². The Balaban J connectivity index is 1.67. The summed E-state index contributed by atoms with van der Waals surface area (Å²) in [4.78, 5) is 26.9. The lowest BCUT2D eigenvalue weighted by molar-refractivity contribution is -0.164. The molecule has 1 fully saturated rings. The summed E-state index contributed by atoms with van der Waals surface area (Å²) in [7, 11) is 0. The first-order valence-electron chi connectivity index (χ1n) is 9.04. The number of nitrogens with zero attached hydrogens (tertiary/aromatic N) is 1. The molecule has 0 aromatic heterocycles. The fraction of sp³-hybridized carbons (Fsp3) is 0.333. The Hall–Kier alpha value is -2.57. The van der Waals surface area contributed by atoms with Gasteiger partial charge in [0.25, 0.3) is 5.91 Å². The second-order valence-electron chi connectivity index (χ2n) is 6.42. The van der Waals surface area contributed by atoms with Crippen LogP contribution in [0.4, 0.5) is 0 Å². The number of hydrogen-bond donors (Lipinski definition) is 0. The van der Waals surface area contributed by atoms with Gasteiger partial charge in [-0.05, 0) is 30.7 Å². The number of carbonyl (C=O) groups is 2. The summed E-state index contributed by atoms with van der Waals surface area (Å²) in [6.45, 7) is 3.43. The average Bonchev–Trinajstić information content (AvgIpc) is 2.73. The zero-order valence-corrected chi connectivity index (χ0v) is 16.4. The topological polar surface area (TPSA) is 65.1 Å². The van der Waals surface area contributed by atoms with Crippen LogP contribution in [0.3, 0.4) is 0 Å². The van der Waals surface area contributed by atoms with Gasteiger partial charge in [-0.3, -0.25) is 4.79 Å². The van der Waals surface area contributed by atoms with Gasteiger partial charge < -0.3 is 19.1 Å². The molecule has 148 valence electrons. The number of esters is 1. The second-order valence-corrected chi connectivity index (χ2v) is 6.83. The summed E-state index contributed by atoms with van der Waals surface area (Å²) in [5.74, 6) is -0.372. The monoisotopic (exact) mass is 403 g/mol. The van der Waals surface area contributed by atoms with Gasteiger partial charge in [-0.15, -0.1) is 0 Å². The van der Waals surface area contributed by atoms with E-state index in [9.17, 15) is 9.59 Å². The first-order valence-corrected chi connectivity index (χ1v) is 9.42. The molecule has 0 bridgehead atoms. The van der Waals surface area contributed by atoms with Crippen LogP contribution in [-0.2, 0) is 19.1 Å². The van der Waals surface area contributed by atoms with Crippen molar-refractivity contribution in [2.75, 3.05) is 32.9 Å². The molecule has 0 radical (unpaired) electrons. The Morgan fingerprint density at radius 1 is 1.14 bits per heavy atom. The minimum Gasteiger partial charge on any atom is -0.482 e. The third-order valence-corrected chi connectivity index (χ3v) is 4.81. The van der Waals surface area contributed by atoms with Gasteiger partial charge >= 0.3 is 5.97 Å². The third-order valence-electron chi connectivity index (χ3n) is 4.38. The molecule has 2 aromatic rings. The van der Waals surface area contributed by atoms with E-state index >= 15 is 0 Å². The van der Waals surface area contributed by atoms with Crippen LogP contribution in [0.1, 0.15) is 17.2 Å². The Kier molecular flexibility index (Phi) is 6.90. The average molecular weight is 404 g/mol. The molecule has 1 saturated heterocycles. The van der Waals surface area contributed by atoms with E-state index in [4.69, 9.17) is 25.8 Å². The maximum atomic E-state index is 12.9. The van der Waals surface area contributed by atoms with Crippen molar-refractivity contribution in [2.24, 2.45) is 0 Å². The molecule has 1 heterocycles. The number of morpholine rings is 1. The molecule has 0 unspecified atom stereocenters. The van der Waals surface area contributed by atoms with Crippen LogP contribution < -0.4 is 4.74 Å². The fourth-order valence-corrected chi connectivity index (χ4v) is 2.97. The van der Waals surface area contributed by atoms with Crippen molar-refractivity contribution in [1.82, 2.24) is 4.90 Å². The Labute approximate surface area is 168 Å². The van der Waals surface area contributed by atoms with Gasteiger partial charge in [0.15, 0.2) is 6.61 Å². The predicted octanol–water partition coefficient (Wildman–Crippen LogP) is 3.17. The summed E-state index contributed by atoms with van der Waals surface area (Å²) < 4.78 is 16.3. The summed E-state index contributed by atoms with van der Waals surface area (Å²) in [5.41, 5.74) is 1.46. The van der Waals surface area contributed by atoms with Crippen molar-refractivity contribution in [3.05, 3.63) is 64.7 Å². The van der Waals surface area contributed by atoms with Gasteiger partial charge in [-0.25, -0.2) is 4.79 Å². The Morgan fingerprint density at radius 3 is 2.54 bits per heavy atom. The number of halogens is 1. The molecular weight excluding hydrogens is 382 g/mol. The van der Waals surface area contributed by atoms with Crippen molar-refractivity contribution in [3.63, 3.8) is 0 Å². The quantitative estimate of drug-likeness (QED) is 0.693. The van der Waals surface area contributed by atoms with Gasteiger partial charge in [0.2, 0.25) is 6.10 Å². The van der Waals surface area contributed by atoms with Crippen LogP contribution in [0, 0.1) is 6.92 Å².